The summed E-state index contributed by atoms with van der Waals surface area (Å²) in [5.41, 5.74) is 3.80. The normalized spacial score (nSPS) is 12.0. The van der Waals surface area contributed by atoms with Crippen molar-refractivity contribution >= 4 is 67.9 Å². The molecule has 5 aromatic rings. The van der Waals surface area contributed by atoms with Gasteiger partial charge in [-0.3, -0.25) is 14.4 Å². The number of hydrogen-bond donors (Lipinski definition) is 3. The summed E-state index contributed by atoms with van der Waals surface area (Å²) in [6.45, 7) is 3.80. The zero-order chi connectivity index (χ0) is 29.5. The highest BCUT2D eigenvalue weighted by Gasteiger charge is 2.18. The van der Waals surface area contributed by atoms with E-state index < -0.39 is 5.91 Å². The van der Waals surface area contributed by atoms with Gasteiger partial charge in [0.2, 0.25) is 5.91 Å². The van der Waals surface area contributed by atoms with Crippen LogP contribution in [0.3, 0.4) is 0 Å². The molecule has 9 heteroatoms. The van der Waals surface area contributed by atoms with E-state index >= 15 is 0 Å². The molecule has 210 valence electrons. The molecule has 42 heavy (non-hydrogen) atoms. The van der Waals surface area contributed by atoms with Crippen LogP contribution in [-0.2, 0) is 9.59 Å². The summed E-state index contributed by atoms with van der Waals surface area (Å²) in [4.78, 5) is 44.3. The summed E-state index contributed by atoms with van der Waals surface area (Å²) in [5.74, 6) is -0.976. The molecule has 0 aliphatic carbocycles. The minimum atomic E-state index is -0.454. The predicted molar refractivity (Wildman–Crippen MR) is 172 cm³/mol. The second-order valence-electron chi connectivity index (χ2n) is 9.51. The van der Waals surface area contributed by atoms with E-state index in [1.807, 2.05) is 80.6 Å². The predicted octanol–water partition coefficient (Wildman–Crippen LogP) is 7.13. The number of hydrogen-bond acceptors (Lipinski definition) is 6. The molecular formula is C33H28N4O3S2. The molecule has 0 saturated heterocycles. The highest BCUT2D eigenvalue weighted by molar-refractivity contribution is 8.00. The van der Waals surface area contributed by atoms with Crippen molar-refractivity contribution in [3.05, 3.63) is 126 Å². The second-order valence-corrected chi connectivity index (χ2v) is 12.0. The van der Waals surface area contributed by atoms with Gasteiger partial charge in [-0.2, -0.15) is 0 Å². The average Bonchev–Trinajstić information content (AvgIpc) is 3.40. The molecule has 4 aromatic carbocycles. The van der Waals surface area contributed by atoms with Gasteiger partial charge < -0.3 is 16.0 Å². The number of amides is 3. The Morgan fingerprint density at radius 1 is 0.857 bits per heavy atom. The number of nitrogens with zero attached hydrogens (tertiary/aromatic N) is 1. The Hall–Kier alpha value is -4.73. The van der Waals surface area contributed by atoms with Crippen molar-refractivity contribution in [3.8, 4) is 0 Å². The molecule has 0 aliphatic rings. The van der Waals surface area contributed by atoms with Crippen molar-refractivity contribution in [1.82, 2.24) is 10.3 Å². The number of para-hydroxylation sites is 1. The number of carbonyl (C=O) groups excluding carboxylic acids is 3. The molecular weight excluding hydrogens is 565 g/mol. The van der Waals surface area contributed by atoms with Crippen molar-refractivity contribution in [1.29, 1.82) is 0 Å². The highest BCUT2D eigenvalue weighted by atomic mass is 32.2. The summed E-state index contributed by atoms with van der Waals surface area (Å²) >= 11 is 2.84. The maximum atomic E-state index is 13.3. The first-order valence-corrected chi connectivity index (χ1v) is 14.9. The van der Waals surface area contributed by atoms with Crippen LogP contribution in [0.1, 0.15) is 28.4 Å². The monoisotopic (exact) mass is 592 g/mol. The standard InChI is InChI=1S/C33H28N4O3S2/c1-21-9-8-10-23(19-21)20-28(35-31(39)24-11-4-3-5-12-24)32(40)34-25-15-17-26(18-16-25)41-22(2)30(38)37-33-36-27-13-6-7-14-29(27)42-33/h3-20,22H,1-2H3,(H,34,40)(H,35,39)(H,36,37,38)/b28-20-. The van der Waals surface area contributed by atoms with Gasteiger partial charge in [-0.15, -0.1) is 11.8 Å². The fraction of sp³-hybridized carbons (Fsp3) is 0.0909. The van der Waals surface area contributed by atoms with E-state index in [9.17, 15) is 14.4 Å². The molecule has 0 saturated carbocycles. The number of thiazole rings is 1. The maximum Gasteiger partial charge on any atom is 0.272 e. The zero-order valence-corrected chi connectivity index (χ0v) is 24.6. The van der Waals surface area contributed by atoms with Crippen molar-refractivity contribution in [2.24, 2.45) is 0 Å². The van der Waals surface area contributed by atoms with Gasteiger partial charge in [0, 0.05) is 16.1 Å². The minimum absolute atomic E-state index is 0.119. The molecule has 1 atom stereocenters. The first kappa shape index (κ1) is 28.8. The van der Waals surface area contributed by atoms with Gasteiger partial charge in [0.05, 0.1) is 15.5 Å². The molecule has 0 spiro atoms. The molecule has 1 unspecified atom stereocenters. The molecule has 3 amide bonds. The summed E-state index contributed by atoms with van der Waals surface area (Å²) in [5, 5.41) is 8.73. The van der Waals surface area contributed by atoms with E-state index in [1.54, 1.807) is 42.5 Å². The topological polar surface area (TPSA) is 100 Å². The highest BCUT2D eigenvalue weighted by Crippen LogP contribution is 2.28. The van der Waals surface area contributed by atoms with E-state index in [0.29, 0.717) is 16.4 Å². The smallest absolute Gasteiger partial charge is 0.272 e. The van der Waals surface area contributed by atoms with Crippen molar-refractivity contribution in [2.45, 2.75) is 24.0 Å². The van der Waals surface area contributed by atoms with Crippen LogP contribution >= 0.6 is 23.1 Å². The minimum Gasteiger partial charge on any atom is -0.321 e. The molecule has 1 aromatic heterocycles. The fourth-order valence-electron chi connectivity index (χ4n) is 4.07. The third-order valence-corrected chi connectivity index (χ3v) is 8.26. The van der Waals surface area contributed by atoms with Crippen LogP contribution in [0.5, 0.6) is 0 Å². The Labute approximate surface area is 252 Å². The van der Waals surface area contributed by atoms with Gasteiger partial charge in [0.1, 0.15) is 5.70 Å². The lowest BCUT2D eigenvalue weighted by atomic mass is 10.1. The van der Waals surface area contributed by atoms with E-state index in [0.717, 1.165) is 26.2 Å². The Kier molecular flexibility index (Phi) is 9.11. The number of thioether (sulfide) groups is 1. The molecule has 0 radical (unpaired) electrons. The van der Waals surface area contributed by atoms with Crippen LogP contribution in [0.4, 0.5) is 10.8 Å². The van der Waals surface area contributed by atoms with E-state index in [-0.39, 0.29) is 22.8 Å². The molecule has 0 bridgehead atoms. The number of rotatable bonds is 9. The molecule has 7 nitrogen and oxygen atoms in total. The van der Waals surface area contributed by atoms with Crippen LogP contribution in [0, 0.1) is 6.92 Å². The van der Waals surface area contributed by atoms with Crippen molar-refractivity contribution < 1.29 is 14.4 Å². The maximum absolute atomic E-state index is 13.3. The number of benzene rings is 4. The number of anilines is 2. The third kappa shape index (κ3) is 7.51. The van der Waals surface area contributed by atoms with Crippen LogP contribution in [0.15, 0.2) is 114 Å². The largest absolute Gasteiger partial charge is 0.321 e. The lowest BCUT2D eigenvalue weighted by Gasteiger charge is -2.13. The van der Waals surface area contributed by atoms with Crippen molar-refractivity contribution in [3.63, 3.8) is 0 Å². The Morgan fingerprint density at radius 3 is 2.33 bits per heavy atom. The third-order valence-electron chi connectivity index (χ3n) is 6.20. The zero-order valence-electron chi connectivity index (χ0n) is 23.0. The summed E-state index contributed by atoms with van der Waals surface area (Å²) in [7, 11) is 0. The SMILES string of the molecule is Cc1cccc(/C=C(\NC(=O)c2ccccc2)C(=O)Nc2ccc(SC(C)C(=O)Nc3nc4ccccc4s3)cc2)c1. The quantitative estimate of drug-likeness (QED) is 0.125. The van der Waals surface area contributed by atoms with Gasteiger partial charge in [-0.25, -0.2) is 4.98 Å². The van der Waals surface area contributed by atoms with Gasteiger partial charge >= 0.3 is 0 Å². The molecule has 1 heterocycles. The number of carbonyl (C=O) groups is 3. The molecule has 0 aliphatic heterocycles. The molecule has 0 fully saturated rings. The summed E-state index contributed by atoms with van der Waals surface area (Å²) in [6, 6.07) is 31.4. The number of aryl methyl sites for hydroxylation is 1. The second kappa shape index (κ2) is 13.3. The summed E-state index contributed by atoms with van der Waals surface area (Å²) < 4.78 is 1.02. The number of aromatic nitrogens is 1. The van der Waals surface area contributed by atoms with Crippen LogP contribution in [-0.4, -0.2) is 28.0 Å². The van der Waals surface area contributed by atoms with Gasteiger partial charge in [-0.05, 0) is 74.0 Å². The van der Waals surface area contributed by atoms with Gasteiger partial charge in [0.15, 0.2) is 5.13 Å². The van der Waals surface area contributed by atoms with E-state index in [2.05, 4.69) is 20.9 Å². The van der Waals surface area contributed by atoms with Gasteiger partial charge in [-0.1, -0.05) is 71.5 Å². The van der Waals surface area contributed by atoms with Crippen LogP contribution in [0.2, 0.25) is 0 Å². The Bertz CT molecular complexity index is 1730. The molecule has 5 rings (SSSR count). The fourth-order valence-corrected chi connectivity index (χ4v) is 5.81. The number of fused-ring (bicyclic) bond motifs is 1. The van der Waals surface area contributed by atoms with Gasteiger partial charge in [0.25, 0.3) is 11.8 Å². The van der Waals surface area contributed by atoms with E-state index in [4.69, 9.17) is 0 Å². The molecule has 3 N–H and O–H groups in total. The lowest BCUT2D eigenvalue weighted by molar-refractivity contribution is -0.115. The van der Waals surface area contributed by atoms with Crippen molar-refractivity contribution in [2.75, 3.05) is 10.6 Å². The average molecular weight is 593 g/mol. The van der Waals surface area contributed by atoms with Crippen LogP contribution < -0.4 is 16.0 Å². The Balaban J connectivity index is 1.24. The Morgan fingerprint density at radius 2 is 1.60 bits per heavy atom. The number of nitrogens with one attached hydrogen (secondary N) is 3. The first-order valence-electron chi connectivity index (χ1n) is 13.2. The van der Waals surface area contributed by atoms with Crippen LogP contribution in [0.25, 0.3) is 16.3 Å². The first-order chi connectivity index (χ1) is 20.3. The lowest BCUT2D eigenvalue weighted by Crippen LogP contribution is -2.30. The van der Waals surface area contributed by atoms with E-state index in [1.165, 1.54) is 23.1 Å². The summed E-state index contributed by atoms with van der Waals surface area (Å²) in [6.07, 6.45) is 1.65.